The number of unbranched alkanes of at least 4 members (excludes halogenated alkanes) is 2. The Hall–Kier alpha value is -1.55. The Kier molecular flexibility index (Phi) is 5.01. The molecule has 1 aliphatic rings. The van der Waals surface area contributed by atoms with E-state index in [4.69, 9.17) is 9.47 Å². The number of ether oxygens (including phenoxy) is 3. The van der Waals surface area contributed by atoms with Crippen LogP contribution in [0, 0.1) is 6.92 Å². The molecule has 0 bridgehead atoms. The number of benzene rings is 1. The summed E-state index contributed by atoms with van der Waals surface area (Å²) < 4.78 is 14.8. The first-order valence-electron chi connectivity index (χ1n) is 7.10. The van der Waals surface area contributed by atoms with Gasteiger partial charge in [-0.3, -0.25) is 0 Å². The minimum Gasteiger partial charge on any atom is -0.438 e. The molecule has 4 nitrogen and oxygen atoms in total. The van der Waals surface area contributed by atoms with Gasteiger partial charge in [-0.05, 0) is 31.7 Å². The molecule has 1 aliphatic heterocycles. The van der Waals surface area contributed by atoms with E-state index in [-0.39, 0.29) is 0 Å². The molecule has 0 aliphatic carbocycles. The molecule has 1 saturated heterocycles. The maximum atomic E-state index is 11.0. The van der Waals surface area contributed by atoms with Gasteiger partial charge in [-0.25, -0.2) is 4.79 Å². The normalized spacial score (nSPS) is 20.5. The Morgan fingerprint density at radius 1 is 1.25 bits per heavy atom. The smallest absolute Gasteiger partial charge is 0.438 e. The molecule has 20 heavy (non-hydrogen) atoms. The highest BCUT2D eigenvalue weighted by atomic mass is 16.8. The van der Waals surface area contributed by atoms with Crippen LogP contribution in [0.5, 0.6) is 0 Å². The number of epoxide rings is 1. The summed E-state index contributed by atoms with van der Waals surface area (Å²) in [6.07, 6.45) is 4.40. The molecule has 110 valence electrons. The van der Waals surface area contributed by atoms with E-state index in [0.29, 0.717) is 6.61 Å². The van der Waals surface area contributed by atoms with Gasteiger partial charge in [0.1, 0.15) is 6.61 Å². The summed E-state index contributed by atoms with van der Waals surface area (Å²) in [5.41, 5.74) is 2.67. The summed E-state index contributed by atoms with van der Waals surface area (Å²) in [5, 5.41) is 0. The van der Waals surface area contributed by atoms with Crippen LogP contribution in [-0.4, -0.2) is 25.7 Å². The van der Waals surface area contributed by atoms with Crippen LogP contribution in [-0.2, 0) is 20.6 Å². The molecule has 1 unspecified atom stereocenters. The van der Waals surface area contributed by atoms with Crippen LogP contribution in [0.1, 0.15) is 36.8 Å². The van der Waals surface area contributed by atoms with Gasteiger partial charge in [-0.2, -0.15) is 0 Å². The maximum absolute atomic E-state index is 11.0. The number of hydrogen-bond acceptors (Lipinski definition) is 4. The Labute approximate surface area is 120 Å². The van der Waals surface area contributed by atoms with Crippen LogP contribution < -0.4 is 0 Å². The fraction of sp³-hybridized carbons (Fsp3) is 0.562. The Morgan fingerprint density at radius 2 is 1.95 bits per heavy atom. The summed E-state index contributed by atoms with van der Waals surface area (Å²) in [4.78, 5) is 11.0. The van der Waals surface area contributed by atoms with E-state index in [2.05, 4.69) is 35.9 Å². The summed E-state index contributed by atoms with van der Waals surface area (Å²) in [7, 11) is 1.31. The van der Waals surface area contributed by atoms with Crippen LogP contribution in [0.15, 0.2) is 24.3 Å². The highest BCUT2D eigenvalue weighted by molar-refractivity contribution is 5.60. The first-order valence-corrected chi connectivity index (χ1v) is 7.10. The van der Waals surface area contributed by atoms with Gasteiger partial charge in [-0.15, -0.1) is 0 Å². The molecular weight excluding hydrogens is 256 g/mol. The van der Waals surface area contributed by atoms with Crippen LogP contribution in [0.4, 0.5) is 4.79 Å². The highest BCUT2D eigenvalue weighted by Gasteiger charge is 2.49. The van der Waals surface area contributed by atoms with E-state index in [1.807, 2.05) is 0 Å². The summed E-state index contributed by atoms with van der Waals surface area (Å²) in [5.74, 6) is -0.697. The molecule has 0 aromatic heterocycles. The fourth-order valence-corrected chi connectivity index (χ4v) is 2.18. The van der Waals surface area contributed by atoms with E-state index < -0.39 is 11.9 Å². The zero-order valence-corrected chi connectivity index (χ0v) is 12.2. The molecular formula is C16H22O4. The SMILES string of the molecule is COC(=O)OC1(CCCCCc2ccc(C)cc2)CO1. The average Bonchev–Trinajstić information content (AvgIpc) is 3.20. The second kappa shape index (κ2) is 6.75. The number of carbonyl (C=O) groups excluding carboxylic acids is 1. The van der Waals surface area contributed by atoms with Gasteiger partial charge >= 0.3 is 6.16 Å². The largest absolute Gasteiger partial charge is 0.510 e. The summed E-state index contributed by atoms with van der Waals surface area (Å²) in [6, 6.07) is 8.65. The van der Waals surface area contributed by atoms with Crippen molar-refractivity contribution in [2.75, 3.05) is 13.7 Å². The van der Waals surface area contributed by atoms with Crippen molar-refractivity contribution in [3.63, 3.8) is 0 Å². The third kappa shape index (κ3) is 4.53. The van der Waals surface area contributed by atoms with Crippen molar-refractivity contribution in [1.29, 1.82) is 0 Å². The van der Waals surface area contributed by atoms with Gasteiger partial charge in [0.25, 0.3) is 0 Å². The molecule has 1 aromatic rings. The number of hydrogen-bond donors (Lipinski definition) is 0. The van der Waals surface area contributed by atoms with Gasteiger partial charge in [0.05, 0.1) is 7.11 Å². The van der Waals surface area contributed by atoms with Gasteiger partial charge in [0, 0.05) is 6.42 Å². The van der Waals surface area contributed by atoms with Crippen molar-refractivity contribution in [3.05, 3.63) is 35.4 Å². The molecule has 0 saturated carbocycles. The summed E-state index contributed by atoms with van der Waals surface area (Å²) in [6.45, 7) is 2.58. The van der Waals surface area contributed by atoms with Crippen LogP contribution in [0.3, 0.4) is 0 Å². The topological polar surface area (TPSA) is 48.1 Å². The van der Waals surface area contributed by atoms with Crippen molar-refractivity contribution < 1.29 is 19.0 Å². The molecule has 2 rings (SSSR count). The van der Waals surface area contributed by atoms with Crippen molar-refractivity contribution in [3.8, 4) is 0 Å². The first kappa shape index (κ1) is 14.9. The number of methoxy groups -OCH3 is 1. The molecule has 1 atom stereocenters. The Morgan fingerprint density at radius 3 is 2.55 bits per heavy atom. The zero-order chi connectivity index (χ0) is 14.4. The zero-order valence-electron chi connectivity index (χ0n) is 12.2. The highest BCUT2D eigenvalue weighted by Crippen LogP contribution is 2.34. The lowest BCUT2D eigenvalue weighted by molar-refractivity contribution is -0.0323. The van der Waals surface area contributed by atoms with Crippen molar-refractivity contribution >= 4 is 6.16 Å². The molecule has 0 N–H and O–H groups in total. The molecule has 0 amide bonds. The minimum atomic E-state index is -0.697. The van der Waals surface area contributed by atoms with Gasteiger partial charge < -0.3 is 14.2 Å². The average molecular weight is 278 g/mol. The third-order valence-electron chi connectivity index (χ3n) is 3.55. The van der Waals surface area contributed by atoms with E-state index in [1.54, 1.807) is 0 Å². The fourth-order valence-electron chi connectivity index (χ4n) is 2.18. The van der Waals surface area contributed by atoms with E-state index in [0.717, 1.165) is 32.1 Å². The standard InChI is InChI=1S/C16H22O4/c1-13-7-9-14(10-8-13)6-4-3-5-11-16(12-19-16)20-15(17)18-2/h7-10H,3-6,11-12H2,1-2H3. The lowest BCUT2D eigenvalue weighted by Gasteiger charge is -2.11. The number of rotatable bonds is 7. The molecule has 0 radical (unpaired) electrons. The number of carbonyl (C=O) groups is 1. The van der Waals surface area contributed by atoms with Crippen molar-refractivity contribution in [2.24, 2.45) is 0 Å². The number of aryl methyl sites for hydroxylation is 2. The van der Waals surface area contributed by atoms with Gasteiger partial charge in [0.2, 0.25) is 5.79 Å². The second-order valence-electron chi connectivity index (χ2n) is 5.30. The molecule has 1 fully saturated rings. The van der Waals surface area contributed by atoms with E-state index >= 15 is 0 Å². The first-order chi connectivity index (χ1) is 9.63. The van der Waals surface area contributed by atoms with Crippen molar-refractivity contribution in [2.45, 2.75) is 44.8 Å². The molecule has 0 spiro atoms. The quantitative estimate of drug-likeness (QED) is 0.434. The Bertz CT molecular complexity index is 434. The molecule has 1 heterocycles. The summed E-state index contributed by atoms with van der Waals surface area (Å²) >= 11 is 0. The van der Waals surface area contributed by atoms with Gasteiger partial charge in [-0.1, -0.05) is 36.2 Å². The predicted octanol–water partition coefficient (Wildman–Crippen LogP) is 3.61. The molecule has 4 heteroatoms. The van der Waals surface area contributed by atoms with Crippen LogP contribution >= 0.6 is 0 Å². The van der Waals surface area contributed by atoms with Crippen molar-refractivity contribution in [1.82, 2.24) is 0 Å². The molecule has 1 aromatic carbocycles. The monoisotopic (exact) mass is 278 g/mol. The second-order valence-corrected chi connectivity index (χ2v) is 5.30. The minimum absolute atomic E-state index is 0.486. The lowest BCUT2D eigenvalue weighted by Crippen LogP contribution is -2.21. The van der Waals surface area contributed by atoms with Crippen LogP contribution in [0.25, 0.3) is 0 Å². The third-order valence-corrected chi connectivity index (χ3v) is 3.55. The van der Waals surface area contributed by atoms with Crippen LogP contribution in [0.2, 0.25) is 0 Å². The van der Waals surface area contributed by atoms with Gasteiger partial charge in [0.15, 0.2) is 0 Å². The lowest BCUT2D eigenvalue weighted by atomic mass is 10.0. The predicted molar refractivity (Wildman–Crippen MR) is 75.5 cm³/mol. The van der Waals surface area contributed by atoms with E-state index in [9.17, 15) is 4.79 Å². The Balaban J connectivity index is 1.60. The maximum Gasteiger partial charge on any atom is 0.510 e. The van der Waals surface area contributed by atoms with E-state index in [1.165, 1.54) is 18.2 Å².